The molecule has 0 bridgehead atoms. The van der Waals surface area contributed by atoms with Crippen molar-refractivity contribution < 1.29 is 9.30 Å². The Hall–Kier alpha value is -3.61. The Bertz CT molecular complexity index is 1630. The minimum Gasteiger partial charge on any atom is -0.496 e. The minimum atomic E-state index is -3.24. The molecule has 3 heteroatoms. The predicted octanol–water partition coefficient (Wildman–Crippen LogP) is 7.26. The molecule has 0 aromatic heterocycles. The Balaban J connectivity index is 1.84. The van der Waals surface area contributed by atoms with Gasteiger partial charge >= 0.3 is 0 Å². The second kappa shape index (κ2) is 9.36. The third kappa shape index (κ3) is 3.66. The summed E-state index contributed by atoms with van der Waals surface area (Å²) in [6.07, 6.45) is 3.22. The third-order valence-electron chi connectivity index (χ3n) is 8.01. The summed E-state index contributed by atoms with van der Waals surface area (Å²) in [6, 6.07) is 32.7. The van der Waals surface area contributed by atoms with Gasteiger partial charge in [0.05, 0.1) is 7.11 Å². The summed E-state index contributed by atoms with van der Waals surface area (Å²) in [6.45, 7) is 4.42. The molecule has 37 heavy (non-hydrogen) atoms. The fourth-order valence-electron chi connectivity index (χ4n) is 6.29. The van der Waals surface area contributed by atoms with E-state index in [9.17, 15) is 0 Å². The van der Waals surface area contributed by atoms with E-state index in [1.54, 1.807) is 7.11 Å². The molecule has 0 fully saturated rings. The van der Waals surface area contributed by atoms with E-state index in [1.807, 2.05) is 60.7 Å². The van der Waals surface area contributed by atoms with E-state index in [4.69, 9.17) is 4.74 Å². The van der Waals surface area contributed by atoms with Crippen molar-refractivity contribution in [1.82, 2.24) is 0 Å². The van der Waals surface area contributed by atoms with Crippen LogP contribution in [0.15, 0.2) is 97.1 Å². The maximum atomic E-state index is 15.9. The average Bonchev–Trinajstić information content (AvgIpc) is 3.46. The summed E-state index contributed by atoms with van der Waals surface area (Å²) in [5.74, 6) is 0.813. The Morgan fingerprint density at radius 2 is 1.22 bits per heavy atom. The van der Waals surface area contributed by atoms with Gasteiger partial charge in [-0.15, -0.1) is 0 Å². The zero-order valence-corrected chi connectivity index (χ0v) is 22.5. The molecule has 0 radical (unpaired) electrons. The lowest BCUT2D eigenvalue weighted by Gasteiger charge is -2.29. The monoisotopic (exact) mass is 502 g/mol. The number of methoxy groups -OCH3 is 1. The summed E-state index contributed by atoms with van der Waals surface area (Å²) < 4.78 is 21.9. The van der Waals surface area contributed by atoms with Gasteiger partial charge in [-0.25, -0.2) is 0 Å². The van der Waals surface area contributed by atoms with Crippen LogP contribution in [-0.4, -0.2) is 7.11 Å². The van der Waals surface area contributed by atoms with E-state index >= 15 is 4.57 Å². The van der Waals surface area contributed by atoms with Crippen molar-refractivity contribution in [2.24, 2.45) is 0 Å². The van der Waals surface area contributed by atoms with Crippen LogP contribution < -0.4 is 20.7 Å². The van der Waals surface area contributed by atoms with Crippen molar-refractivity contribution in [2.45, 2.75) is 33.1 Å². The molecule has 5 aromatic rings. The topological polar surface area (TPSA) is 26.3 Å². The summed E-state index contributed by atoms with van der Waals surface area (Å²) in [7, 11) is -1.51. The molecular weight excluding hydrogens is 471 g/mol. The first-order valence-corrected chi connectivity index (χ1v) is 14.7. The molecule has 2 nitrogen and oxygen atoms in total. The fraction of sp³-hybridized carbons (Fsp3) is 0.176. The highest BCUT2D eigenvalue weighted by atomic mass is 31.2. The van der Waals surface area contributed by atoms with Gasteiger partial charge in [0, 0.05) is 27.0 Å². The van der Waals surface area contributed by atoms with Gasteiger partial charge in [0.25, 0.3) is 0 Å². The average molecular weight is 503 g/mol. The Labute approximate surface area is 219 Å². The molecule has 0 saturated heterocycles. The van der Waals surface area contributed by atoms with Crippen molar-refractivity contribution in [3.05, 3.63) is 119 Å². The van der Waals surface area contributed by atoms with Gasteiger partial charge in [-0.2, -0.15) is 0 Å². The maximum absolute atomic E-state index is 15.9. The van der Waals surface area contributed by atoms with E-state index in [-0.39, 0.29) is 0 Å². The smallest absolute Gasteiger partial charge is 0.171 e. The largest absolute Gasteiger partial charge is 0.496 e. The molecule has 184 valence electrons. The molecule has 0 saturated carbocycles. The Morgan fingerprint density at radius 1 is 0.649 bits per heavy atom. The molecule has 1 aliphatic carbocycles. The van der Waals surface area contributed by atoms with E-state index in [1.165, 1.54) is 22.3 Å². The van der Waals surface area contributed by atoms with Crippen LogP contribution in [0.1, 0.15) is 28.7 Å². The summed E-state index contributed by atoms with van der Waals surface area (Å²) in [5.41, 5.74) is 7.30. The first kappa shape index (κ1) is 23.8. The fourth-order valence-corrected chi connectivity index (χ4v) is 9.49. The number of hydrogen-bond acceptors (Lipinski definition) is 2. The number of ether oxygens (including phenoxy) is 1. The quantitative estimate of drug-likeness (QED) is 0.237. The zero-order valence-electron chi connectivity index (χ0n) is 21.6. The van der Waals surface area contributed by atoms with Crippen LogP contribution >= 0.6 is 7.14 Å². The van der Waals surface area contributed by atoms with Crippen molar-refractivity contribution in [2.75, 3.05) is 7.11 Å². The molecule has 0 aliphatic heterocycles. The first-order chi connectivity index (χ1) is 18.1. The molecule has 0 spiro atoms. The SMILES string of the molecule is COc1ccc2ccccc2c1-c1c(C)c2c(c(C)c1P(=O)(c1ccccc1)c1ccccc1)CCC2. The number of rotatable bonds is 5. The molecule has 0 unspecified atom stereocenters. The molecule has 0 atom stereocenters. The van der Waals surface area contributed by atoms with Crippen LogP contribution in [0, 0.1) is 13.8 Å². The van der Waals surface area contributed by atoms with Crippen LogP contribution in [0.5, 0.6) is 5.75 Å². The van der Waals surface area contributed by atoms with Crippen molar-refractivity contribution >= 4 is 33.8 Å². The predicted molar refractivity (Wildman–Crippen MR) is 157 cm³/mol. The van der Waals surface area contributed by atoms with Crippen molar-refractivity contribution in [3.63, 3.8) is 0 Å². The van der Waals surface area contributed by atoms with Crippen LogP contribution in [0.3, 0.4) is 0 Å². The van der Waals surface area contributed by atoms with Crippen molar-refractivity contribution in [1.29, 1.82) is 0 Å². The highest BCUT2D eigenvalue weighted by Gasteiger charge is 2.38. The maximum Gasteiger partial charge on any atom is 0.171 e. The lowest BCUT2D eigenvalue weighted by molar-refractivity contribution is 0.417. The Morgan fingerprint density at radius 3 is 1.84 bits per heavy atom. The summed E-state index contributed by atoms with van der Waals surface area (Å²) in [4.78, 5) is 0. The number of fused-ring (bicyclic) bond motifs is 2. The molecule has 0 N–H and O–H groups in total. The van der Waals surface area contributed by atoms with Gasteiger partial charge in [-0.3, -0.25) is 0 Å². The summed E-state index contributed by atoms with van der Waals surface area (Å²) in [5, 5.41) is 4.95. The van der Waals surface area contributed by atoms with Crippen LogP contribution in [-0.2, 0) is 17.4 Å². The zero-order chi connectivity index (χ0) is 25.6. The normalized spacial score (nSPS) is 13.1. The van der Waals surface area contributed by atoms with Crippen LogP contribution in [0.2, 0.25) is 0 Å². The second-order valence-electron chi connectivity index (χ2n) is 9.93. The molecule has 0 amide bonds. The number of hydrogen-bond donors (Lipinski definition) is 0. The summed E-state index contributed by atoms with van der Waals surface area (Å²) >= 11 is 0. The van der Waals surface area contributed by atoms with Gasteiger partial charge in [0.1, 0.15) is 5.75 Å². The van der Waals surface area contributed by atoms with Crippen LogP contribution in [0.25, 0.3) is 21.9 Å². The number of benzene rings is 5. The van der Waals surface area contributed by atoms with E-state index in [0.717, 1.165) is 62.8 Å². The van der Waals surface area contributed by atoms with E-state index in [0.29, 0.717) is 0 Å². The molecule has 0 heterocycles. The third-order valence-corrected chi connectivity index (χ3v) is 11.2. The molecule has 6 rings (SSSR count). The Kier molecular flexibility index (Phi) is 6.01. The van der Waals surface area contributed by atoms with E-state index in [2.05, 4.69) is 50.2 Å². The first-order valence-electron chi connectivity index (χ1n) is 13.0. The standard InChI is InChI=1S/C34H31O2P/c1-23-28-19-12-20-29(28)24(2)34(32(23)33-30-18-11-10-13-25(30)21-22-31(33)36-3)37(35,26-14-6-4-7-15-26)27-16-8-5-9-17-27/h4-11,13-18,21-22H,12,19-20H2,1-3H3. The van der Waals surface area contributed by atoms with E-state index < -0.39 is 7.14 Å². The van der Waals surface area contributed by atoms with Gasteiger partial charge in [0.2, 0.25) is 0 Å². The van der Waals surface area contributed by atoms with Crippen LogP contribution in [0.4, 0.5) is 0 Å². The highest BCUT2D eigenvalue weighted by molar-refractivity contribution is 7.85. The molecular formula is C34H31O2P. The second-order valence-corrected chi connectivity index (χ2v) is 12.6. The van der Waals surface area contributed by atoms with Crippen molar-refractivity contribution in [3.8, 4) is 16.9 Å². The van der Waals surface area contributed by atoms with Gasteiger partial charge < -0.3 is 9.30 Å². The lowest BCUT2D eigenvalue weighted by Crippen LogP contribution is -2.30. The highest BCUT2D eigenvalue weighted by Crippen LogP contribution is 2.51. The lowest BCUT2D eigenvalue weighted by atomic mass is 9.88. The minimum absolute atomic E-state index is 0.813. The van der Waals surface area contributed by atoms with Gasteiger partial charge in [-0.1, -0.05) is 91.0 Å². The van der Waals surface area contributed by atoms with Gasteiger partial charge in [0.15, 0.2) is 7.14 Å². The molecule has 5 aromatic carbocycles. The van der Waals surface area contributed by atoms with Gasteiger partial charge in [-0.05, 0) is 72.2 Å². The molecule has 1 aliphatic rings.